The Bertz CT molecular complexity index is 328. The molecule has 1 rings (SSSR count). The quantitative estimate of drug-likeness (QED) is 0.700. The first-order chi connectivity index (χ1) is 5.09. The zero-order valence-electron chi connectivity index (χ0n) is 5.24. The summed E-state index contributed by atoms with van der Waals surface area (Å²) >= 11 is 2.89. The van der Waals surface area contributed by atoms with Gasteiger partial charge in [0.2, 0.25) is 0 Å². The van der Waals surface area contributed by atoms with Gasteiger partial charge < -0.3 is 5.11 Å². The van der Waals surface area contributed by atoms with Crippen LogP contribution < -0.4 is 5.69 Å². The molecule has 1 aromatic rings. The van der Waals surface area contributed by atoms with Gasteiger partial charge >= 0.3 is 11.7 Å². The molecule has 0 aromatic carbocycles. The van der Waals surface area contributed by atoms with Gasteiger partial charge in [0, 0.05) is 0 Å². The second-order valence-electron chi connectivity index (χ2n) is 1.77. The highest BCUT2D eigenvalue weighted by molar-refractivity contribution is 9.10. The van der Waals surface area contributed by atoms with E-state index in [2.05, 4.69) is 26.0 Å². The highest BCUT2D eigenvalue weighted by atomic mass is 79.9. The lowest BCUT2D eigenvalue weighted by Gasteiger charge is -1.89. The lowest BCUT2D eigenvalue weighted by atomic mass is 10.7. The Hall–Kier alpha value is -1.11. The largest absolute Gasteiger partial charge is 0.480 e. The highest BCUT2D eigenvalue weighted by Gasteiger charge is 2.05. The van der Waals surface area contributed by atoms with Crippen LogP contribution in [0.25, 0.3) is 0 Å². The van der Waals surface area contributed by atoms with Gasteiger partial charge in [-0.25, -0.2) is 9.48 Å². The van der Waals surface area contributed by atoms with E-state index in [0.717, 1.165) is 4.68 Å². The Morgan fingerprint density at radius 1 is 1.82 bits per heavy atom. The Morgan fingerprint density at radius 2 is 2.45 bits per heavy atom. The number of nitrogens with one attached hydrogen (secondary N) is 1. The fraction of sp³-hybridized carbons (Fsp3) is 0.250. The van der Waals surface area contributed by atoms with Crippen LogP contribution in [0.15, 0.2) is 9.53 Å². The standard InChI is InChI=1S/C4H4BrN3O3/c5-3-6-4(11)8(7-3)1-2(9)10/h1H2,(H,9,10)(H,6,7,11). The molecule has 11 heavy (non-hydrogen) atoms. The monoisotopic (exact) mass is 221 g/mol. The smallest absolute Gasteiger partial charge is 0.344 e. The van der Waals surface area contributed by atoms with Crippen LogP contribution in [0.3, 0.4) is 0 Å². The lowest BCUT2D eigenvalue weighted by molar-refractivity contribution is -0.137. The van der Waals surface area contributed by atoms with Gasteiger partial charge in [-0.15, -0.1) is 5.10 Å². The van der Waals surface area contributed by atoms with E-state index in [9.17, 15) is 9.59 Å². The number of hydrogen-bond acceptors (Lipinski definition) is 3. The van der Waals surface area contributed by atoms with Crippen molar-refractivity contribution in [2.75, 3.05) is 0 Å². The molecule has 0 aliphatic carbocycles. The van der Waals surface area contributed by atoms with Gasteiger partial charge in [-0.1, -0.05) is 0 Å². The molecule has 7 heteroatoms. The second kappa shape index (κ2) is 2.87. The molecular weight excluding hydrogens is 218 g/mol. The summed E-state index contributed by atoms with van der Waals surface area (Å²) in [5.74, 6) is -1.11. The maximum Gasteiger partial charge on any atom is 0.344 e. The maximum atomic E-state index is 10.7. The summed E-state index contributed by atoms with van der Waals surface area (Å²) < 4.78 is 1.04. The first kappa shape index (κ1) is 7.99. The van der Waals surface area contributed by atoms with Crippen molar-refractivity contribution in [1.82, 2.24) is 14.8 Å². The van der Waals surface area contributed by atoms with Gasteiger partial charge in [0.15, 0.2) is 4.73 Å². The maximum absolute atomic E-state index is 10.7. The van der Waals surface area contributed by atoms with Gasteiger partial charge in [0.25, 0.3) is 0 Å². The van der Waals surface area contributed by atoms with Crippen molar-refractivity contribution in [3.63, 3.8) is 0 Å². The molecule has 6 nitrogen and oxygen atoms in total. The van der Waals surface area contributed by atoms with Gasteiger partial charge in [0.1, 0.15) is 6.54 Å². The number of H-pyrrole nitrogens is 1. The average Bonchev–Trinajstić information content (AvgIpc) is 2.09. The predicted molar refractivity (Wildman–Crippen MR) is 38.2 cm³/mol. The SMILES string of the molecule is O=C(O)Cn1nc(Br)[nH]c1=O. The molecule has 2 N–H and O–H groups in total. The van der Waals surface area contributed by atoms with E-state index >= 15 is 0 Å². The number of halogens is 1. The number of aromatic amines is 1. The molecular formula is C4H4BrN3O3. The van der Waals surface area contributed by atoms with E-state index in [-0.39, 0.29) is 4.73 Å². The first-order valence-corrected chi connectivity index (χ1v) is 3.43. The van der Waals surface area contributed by atoms with Crippen LogP contribution in [0.1, 0.15) is 0 Å². The zero-order chi connectivity index (χ0) is 8.43. The lowest BCUT2D eigenvalue weighted by Crippen LogP contribution is -2.22. The van der Waals surface area contributed by atoms with Gasteiger partial charge in [-0.05, 0) is 15.9 Å². The number of hydrogen-bond donors (Lipinski definition) is 2. The van der Waals surface area contributed by atoms with Crippen molar-refractivity contribution in [3.05, 3.63) is 15.2 Å². The van der Waals surface area contributed by atoms with Crippen molar-refractivity contribution < 1.29 is 9.90 Å². The summed E-state index contributed by atoms with van der Waals surface area (Å²) in [7, 11) is 0. The van der Waals surface area contributed by atoms with Crippen LogP contribution in [0.4, 0.5) is 0 Å². The third kappa shape index (κ3) is 1.90. The first-order valence-electron chi connectivity index (χ1n) is 2.64. The zero-order valence-corrected chi connectivity index (χ0v) is 6.83. The Kier molecular flexibility index (Phi) is 2.08. The number of aromatic nitrogens is 3. The number of carbonyl (C=O) groups is 1. The van der Waals surface area contributed by atoms with Crippen molar-refractivity contribution in [1.29, 1.82) is 0 Å². The molecule has 0 spiro atoms. The number of carboxylic acids is 1. The van der Waals surface area contributed by atoms with E-state index in [1.165, 1.54) is 0 Å². The minimum absolute atomic E-state index is 0.226. The van der Waals surface area contributed by atoms with Gasteiger partial charge in [0.05, 0.1) is 0 Å². The number of rotatable bonds is 2. The van der Waals surface area contributed by atoms with Crippen molar-refractivity contribution >= 4 is 21.9 Å². The fourth-order valence-electron chi connectivity index (χ4n) is 0.564. The summed E-state index contributed by atoms with van der Waals surface area (Å²) in [6.45, 7) is -0.430. The molecule has 1 heterocycles. The Labute approximate surface area is 69.0 Å². The number of nitrogens with zero attached hydrogens (tertiary/aromatic N) is 2. The van der Waals surface area contributed by atoms with Gasteiger partial charge in [-0.3, -0.25) is 9.78 Å². The van der Waals surface area contributed by atoms with Crippen LogP contribution in [-0.4, -0.2) is 25.8 Å². The van der Waals surface area contributed by atoms with Crippen molar-refractivity contribution in [2.24, 2.45) is 0 Å². The molecule has 0 bridgehead atoms. The molecule has 0 radical (unpaired) electrons. The minimum atomic E-state index is -1.11. The normalized spacial score (nSPS) is 9.91. The summed E-state index contributed by atoms with van der Waals surface area (Å²) in [6.07, 6.45) is 0. The number of aliphatic carboxylic acids is 1. The summed E-state index contributed by atoms with van der Waals surface area (Å²) in [5.41, 5.74) is -0.542. The molecule has 60 valence electrons. The van der Waals surface area contributed by atoms with E-state index in [4.69, 9.17) is 5.11 Å². The molecule has 0 unspecified atom stereocenters. The molecule has 0 atom stereocenters. The molecule has 1 aromatic heterocycles. The van der Waals surface area contributed by atoms with Crippen molar-refractivity contribution in [3.8, 4) is 0 Å². The van der Waals surface area contributed by atoms with Crippen molar-refractivity contribution in [2.45, 2.75) is 6.54 Å². The second-order valence-corrected chi connectivity index (χ2v) is 2.52. The molecule has 0 aliphatic rings. The van der Waals surface area contributed by atoms with Crippen LogP contribution in [0.5, 0.6) is 0 Å². The molecule has 0 saturated heterocycles. The van der Waals surface area contributed by atoms with E-state index in [0.29, 0.717) is 0 Å². The molecule has 0 amide bonds. The summed E-state index contributed by atoms with van der Waals surface area (Å²) in [4.78, 5) is 23.1. The number of carboxylic acid groups (broad SMARTS) is 1. The predicted octanol–water partition coefficient (Wildman–Crippen LogP) is -0.581. The van der Waals surface area contributed by atoms with Crippen LogP contribution >= 0.6 is 15.9 Å². The molecule has 0 fully saturated rings. The van der Waals surface area contributed by atoms with E-state index < -0.39 is 18.2 Å². The summed E-state index contributed by atoms with van der Waals surface area (Å²) in [6, 6.07) is 0. The summed E-state index contributed by atoms with van der Waals surface area (Å²) in [5, 5.41) is 11.8. The minimum Gasteiger partial charge on any atom is -0.480 e. The van der Waals surface area contributed by atoms with Crippen LogP contribution in [-0.2, 0) is 11.3 Å². The molecule has 0 saturated carbocycles. The molecule has 0 aliphatic heterocycles. The average molecular weight is 222 g/mol. The van der Waals surface area contributed by atoms with Crippen LogP contribution in [0, 0.1) is 0 Å². The Balaban J connectivity index is 2.95. The third-order valence-electron chi connectivity index (χ3n) is 0.938. The highest BCUT2D eigenvalue weighted by Crippen LogP contribution is 1.94. The van der Waals surface area contributed by atoms with E-state index in [1.54, 1.807) is 0 Å². The van der Waals surface area contributed by atoms with Crippen LogP contribution in [0.2, 0.25) is 0 Å². The fourth-order valence-corrected chi connectivity index (χ4v) is 0.925. The third-order valence-corrected chi connectivity index (χ3v) is 1.29. The Morgan fingerprint density at radius 3 is 2.82 bits per heavy atom. The topological polar surface area (TPSA) is 88.0 Å². The van der Waals surface area contributed by atoms with E-state index in [1.807, 2.05) is 0 Å². The van der Waals surface area contributed by atoms with Gasteiger partial charge in [-0.2, -0.15) is 0 Å².